The van der Waals surface area contributed by atoms with E-state index in [4.69, 9.17) is 4.74 Å². The molecule has 4 aliphatic rings. The van der Waals surface area contributed by atoms with Gasteiger partial charge in [0.2, 0.25) is 5.91 Å². The third-order valence-corrected chi connectivity index (χ3v) is 7.64. The van der Waals surface area contributed by atoms with E-state index in [1.807, 2.05) is 9.80 Å². The van der Waals surface area contributed by atoms with Gasteiger partial charge in [-0.15, -0.1) is 0 Å². The van der Waals surface area contributed by atoms with Gasteiger partial charge >= 0.3 is 6.03 Å². The first-order valence-electron chi connectivity index (χ1n) is 11.7. The molecule has 164 valence electrons. The highest BCUT2D eigenvalue weighted by Gasteiger charge is 2.43. The number of carbonyl (C=O) groups is 2. The van der Waals surface area contributed by atoms with Gasteiger partial charge in [0.15, 0.2) is 0 Å². The lowest BCUT2D eigenvalue weighted by molar-refractivity contribution is -0.139. The van der Waals surface area contributed by atoms with Crippen molar-refractivity contribution in [2.75, 3.05) is 45.9 Å². The summed E-state index contributed by atoms with van der Waals surface area (Å²) in [5.41, 5.74) is -0.0672. The SMILES string of the molecule is CC(=O)N1CCN([C@H]2CCOC3(CCN(C(=O)NC4CCCCC4)CC3)C2)CC1. The van der Waals surface area contributed by atoms with Crippen LogP contribution in [0, 0.1) is 0 Å². The summed E-state index contributed by atoms with van der Waals surface area (Å²) in [5.74, 6) is 0.187. The zero-order valence-corrected chi connectivity index (χ0v) is 18.0. The van der Waals surface area contributed by atoms with Crippen molar-refractivity contribution in [2.24, 2.45) is 0 Å². The highest BCUT2D eigenvalue weighted by atomic mass is 16.5. The quantitative estimate of drug-likeness (QED) is 0.764. The molecule has 3 saturated heterocycles. The number of urea groups is 1. The minimum atomic E-state index is -0.0672. The second kappa shape index (κ2) is 9.21. The molecule has 1 saturated carbocycles. The van der Waals surface area contributed by atoms with Crippen molar-refractivity contribution in [3.8, 4) is 0 Å². The number of rotatable bonds is 2. The number of piperazine rings is 1. The fourth-order valence-corrected chi connectivity index (χ4v) is 5.69. The van der Waals surface area contributed by atoms with Gasteiger partial charge in [0, 0.05) is 64.9 Å². The second-order valence-electron chi connectivity index (χ2n) is 9.49. The molecule has 1 aliphatic carbocycles. The van der Waals surface area contributed by atoms with Crippen molar-refractivity contribution in [2.45, 2.75) is 82.4 Å². The number of amides is 3. The Balaban J connectivity index is 1.25. The third-order valence-electron chi connectivity index (χ3n) is 7.64. The van der Waals surface area contributed by atoms with Gasteiger partial charge in [-0.2, -0.15) is 0 Å². The van der Waals surface area contributed by atoms with Crippen molar-refractivity contribution in [1.82, 2.24) is 20.0 Å². The molecule has 4 rings (SSSR count). The van der Waals surface area contributed by atoms with Crippen LogP contribution in [0.4, 0.5) is 4.79 Å². The molecule has 0 aromatic heterocycles. The third kappa shape index (κ3) is 5.05. The fourth-order valence-electron chi connectivity index (χ4n) is 5.69. The van der Waals surface area contributed by atoms with Crippen LogP contribution in [0.2, 0.25) is 0 Å². The highest BCUT2D eigenvalue weighted by Crippen LogP contribution is 2.37. The Labute approximate surface area is 175 Å². The largest absolute Gasteiger partial charge is 0.375 e. The van der Waals surface area contributed by atoms with Gasteiger partial charge < -0.3 is 19.9 Å². The zero-order valence-electron chi connectivity index (χ0n) is 18.0. The van der Waals surface area contributed by atoms with Gasteiger partial charge in [0.25, 0.3) is 0 Å². The summed E-state index contributed by atoms with van der Waals surface area (Å²) in [7, 11) is 0. The number of nitrogens with one attached hydrogen (secondary N) is 1. The van der Waals surface area contributed by atoms with Crippen molar-refractivity contribution in [3.63, 3.8) is 0 Å². The summed E-state index contributed by atoms with van der Waals surface area (Å²) < 4.78 is 6.32. The van der Waals surface area contributed by atoms with Crippen molar-refractivity contribution in [1.29, 1.82) is 0 Å². The highest BCUT2D eigenvalue weighted by molar-refractivity contribution is 5.74. The Morgan fingerprint density at radius 3 is 2.24 bits per heavy atom. The van der Waals surface area contributed by atoms with Crippen LogP contribution in [0.1, 0.15) is 64.7 Å². The summed E-state index contributed by atoms with van der Waals surface area (Å²) in [4.78, 5) is 30.8. The smallest absolute Gasteiger partial charge is 0.317 e. The Bertz CT molecular complexity index is 577. The van der Waals surface area contributed by atoms with E-state index >= 15 is 0 Å². The molecule has 0 radical (unpaired) electrons. The minimum absolute atomic E-state index is 0.0672. The van der Waals surface area contributed by atoms with Crippen LogP contribution in [-0.4, -0.2) is 90.2 Å². The number of ether oxygens (including phenoxy) is 1. The fraction of sp³-hybridized carbons (Fsp3) is 0.909. The molecule has 29 heavy (non-hydrogen) atoms. The second-order valence-corrected chi connectivity index (χ2v) is 9.49. The molecule has 0 unspecified atom stereocenters. The summed E-state index contributed by atoms with van der Waals surface area (Å²) >= 11 is 0. The van der Waals surface area contributed by atoms with Gasteiger partial charge in [0.1, 0.15) is 0 Å². The van der Waals surface area contributed by atoms with Crippen LogP contribution in [0.15, 0.2) is 0 Å². The molecule has 4 fully saturated rings. The van der Waals surface area contributed by atoms with E-state index in [-0.39, 0.29) is 17.5 Å². The van der Waals surface area contributed by atoms with Crippen LogP contribution in [0.3, 0.4) is 0 Å². The van der Waals surface area contributed by atoms with Gasteiger partial charge in [-0.25, -0.2) is 4.79 Å². The number of hydrogen-bond acceptors (Lipinski definition) is 4. The molecule has 3 heterocycles. The average molecular weight is 407 g/mol. The Kier molecular flexibility index (Phi) is 6.64. The van der Waals surface area contributed by atoms with Crippen molar-refractivity contribution >= 4 is 11.9 Å². The first-order valence-corrected chi connectivity index (χ1v) is 11.7. The molecule has 0 aromatic rings. The lowest BCUT2D eigenvalue weighted by atomic mass is 9.81. The normalized spacial score (nSPS) is 29.1. The number of likely N-dealkylation sites (tertiary alicyclic amines) is 1. The molecule has 1 spiro atoms. The minimum Gasteiger partial charge on any atom is -0.375 e. The zero-order chi connectivity index (χ0) is 20.3. The molecule has 0 bridgehead atoms. The maximum absolute atomic E-state index is 12.7. The van der Waals surface area contributed by atoms with Crippen LogP contribution in [-0.2, 0) is 9.53 Å². The predicted molar refractivity (Wildman–Crippen MR) is 112 cm³/mol. The van der Waals surface area contributed by atoms with Crippen molar-refractivity contribution < 1.29 is 14.3 Å². The van der Waals surface area contributed by atoms with E-state index in [1.54, 1.807) is 6.92 Å². The average Bonchev–Trinajstić information content (AvgIpc) is 2.75. The molecule has 3 aliphatic heterocycles. The van der Waals surface area contributed by atoms with Crippen molar-refractivity contribution in [3.05, 3.63) is 0 Å². The maximum atomic E-state index is 12.7. The molecule has 1 N–H and O–H groups in total. The lowest BCUT2D eigenvalue weighted by Crippen LogP contribution is -2.58. The van der Waals surface area contributed by atoms with Crippen LogP contribution >= 0.6 is 0 Å². The van der Waals surface area contributed by atoms with Gasteiger partial charge in [0.05, 0.1) is 5.60 Å². The summed E-state index contributed by atoms with van der Waals surface area (Å²) in [5, 5.41) is 3.26. The van der Waals surface area contributed by atoms with Gasteiger partial charge in [-0.05, 0) is 38.5 Å². The van der Waals surface area contributed by atoms with Gasteiger partial charge in [-0.3, -0.25) is 9.69 Å². The molecular weight excluding hydrogens is 368 g/mol. The predicted octanol–water partition coefficient (Wildman–Crippen LogP) is 2.21. The topological polar surface area (TPSA) is 65.1 Å². The molecule has 3 amide bonds. The number of hydrogen-bond donors (Lipinski definition) is 1. The maximum Gasteiger partial charge on any atom is 0.317 e. The van der Waals surface area contributed by atoms with E-state index in [9.17, 15) is 9.59 Å². The van der Waals surface area contributed by atoms with E-state index in [0.29, 0.717) is 12.1 Å². The van der Waals surface area contributed by atoms with Gasteiger partial charge in [-0.1, -0.05) is 19.3 Å². The first-order chi connectivity index (χ1) is 14.0. The van der Waals surface area contributed by atoms with E-state index in [1.165, 1.54) is 19.3 Å². The Morgan fingerprint density at radius 1 is 0.897 bits per heavy atom. The Hall–Kier alpha value is -1.34. The molecule has 7 nitrogen and oxygen atoms in total. The monoisotopic (exact) mass is 406 g/mol. The standard InChI is InChI=1S/C22H38N4O3/c1-18(27)24-12-14-25(15-13-24)20-7-16-29-22(17-20)8-10-26(11-9-22)21(28)23-19-5-3-2-4-6-19/h19-20H,2-17H2,1H3,(H,23,28)/t20-/m0/s1. The summed E-state index contributed by atoms with van der Waals surface area (Å²) in [6.45, 7) is 7.69. The number of nitrogens with zero attached hydrogens (tertiary/aromatic N) is 3. The lowest BCUT2D eigenvalue weighted by Gasteiger charge is -2.49. The van der Waals surface area contributed by atoms with Crippen LogP contribution in [0.25, 0.3) is 0 Å². The molecule has 7 heteroatoms. The molecular formula is C22H38N4O3. The van der Waals surface area contributed by atoms with E-state index in [0.717, 1.165) is 84.4 Å². The number of carbonyl (C=O) groups excluding carboxylic acids is 2. The first kappa shape index (κ1) is 20.9. The van der Waals surface area contributed by atoms with E-state index in [2.05, 4.69) is 10.2 Å². The van der Waals surface area contributed by atoms with Crippen LogP contribution in [0.5, 0.6) is 0 Å². The van der Waals surface area contributed by atoms with E-state index < -0.39 is 0 Å². The number of piperidine rings is 1. The summed E-state index contributed by atoms with van der Waals surface area (Å²) in [6, 6.07) is 1.04. The molecule has 0 aromatic carbocycles. The Morgan fingerprint density at radius 2 is 1.59 bits per heavy atom. The van der Waals surface area contributed by atoms with Crippen LogP contribution < -0.4 is 5.32 Å². The molecule has 1 atom stereocenters. The summed E-state index contributed by atoms with van der Waals surface area (Å²) in [6.07, 6.45) is 10.1.